The topological polar surface area (TPSA) is 103 Å². The number of sulfonamides is 1. The minimum atomic E-state index is -3.45. The molecule has 3 aromatic rings. The summed E-state index contributed by atoms with van der Waals surface area (Å²) in [5.41, 5.74) is 1.71. The summed E-state index contributed by atoms with van der Waals surface area (Å²) in [6.07, 6.45) is 3.40. The fourth-order valence-corrected chi connectivity index (χ4v) is 2.71. The molecule has 0 saturated carbocycles. The largest absolute Gasteiger partial charge is 0.265 e. The van der Waals surface area contributed by atoms with E-state index in [1.54, 1.807) is 24.5 Å². The standard InChI is InChI=1S/C14H14N6O2S/c1-15-23(21,22)13-4-2-12(3-5-13)14-17-19-20(18-14)10-11-6-8-16-9-7-11/h2-9,15H,10H2,1H3. The lowest BCUT2D eigenvalue weighted by molar-refractivity contribution is 0.572. The van der Waals surface area contributed by atoms with Crippen molar-refractivity contribution in [1.82, 2.24) is 29.9 Å². The van der Waals surface area contributed by atoms with Crippen molar-refractivity contribution in [3.63, 3.8) is 0 Å². The molecule has 2 heterocycles. The first-order chi connectivity index (χ1) is 11.1. The van der Waals surface area contributed by atoms with Gasteiger partial charge >= 0.3 is 0 Å². The van der Waals surface area contributed by atoms with Gasteiger partial charge in [0.25, 0.3) is 0 Å². The zero-order chi connectivity index (χ0) is 16.3. The number of hydrogen-bond acceptors (Lipinski definition) is 6. The van der Waals surface area contributed by atoms with E-state index < -0.39 is 10.0 Å². The van der Waals surface area contributed by atoms with E-state index in [9.17, 15) is 8.42 Å². The third-order valence-electron chi connectivity index (χ3n) is 3.22. The van der Waals surface area contributed by atoms with Crippen LogP contribution in [-0.4, -0.2) is 40.7 Å². The lowest BCUT2D eigenvalue weighted by Crippen LogP contribution is -2.18. The fourth-order valence-electron chi connectivity index (χ4n) is 1.98. The molecule has 0 aliphatic heterocycles. The highest BCUT2D eigenvalue weighted by Gasteiger charge is 2.12. The SMILES string of the molecule is CNS(=O)(=O)c1ccc(-c2nnn(Cc3ccncc3)n2)cc1. The van der Waals surface area contributed by atoms with Gasteiger partial charge in [-0.05, 0) is 54.2 Å². The smallest absolute Gasteiger partial charge is 0.240 e. The van der Waals surface area contributed by atoms with Crippen molar-refractivity contribution in [3.05, 3.63) is 54.4 Å². The summed E-state index contributed by atoms with van der Waals surface area (Å²) in [6.45, 7) is 0.488. The second-order valence-electron chi connectivity index (χ2n) is 4.73. The molecule has 0 unspecified atom stereocenters. The van der Waals surface area contributed by atoms with Crippen LogP contribution in [0.25, 0.3) is 11.4 Å². The van der Waals surface area contributed by atoms with Gasteiger partial charge in [0, 0.05) is 18.0 Å². The number of pyridine rings is 1. The average molecular weight is 330 g/mol. The predicted octanol–water partition coefficient (Wildman–Crippen LogP) is 0.691. The minimum absolute atomic E-state index is 0.188. The van der Waals surface area contributed by atoms with Crippen LogP contribution in [0.1, 0.15) is 5.56 Å². The third-order valence-corrected chi connectivity index (χ3v) is 4.65. The minimum Gasteiger partial charge on any atom is -0.265 e. The Morgan fingerprint density at radius 3 is 2.43 bits per heavy atom. The maximum atomic E-state index is 11.7. The second kappa shape index (κ2) is 6.23. The molecule has 1 aromatic carbocycles. The van der Waals surface area contributed by atoms with E-state index in [2.05, 4.69) is 25.1 Å². The van der Waals surface area contributed by atoms with E-state index in [-0.39, 0.29) is 4.90 Å². The molecule has 23 heavy (non-hydrogen) atoms. The number of nitrogens with one attached hydrogen (secondary N) is 1. The Morgan fingerprint density at radius 1 is 1.09 bits per heavy atom. The van der Waals surface area contributed by atoms with Crippen molar-refractivity contribution in [2.75, 3.05) is 7.05 Å². The molecule has 0 aliphatic rings. The summed E-state index contributed by atoms with van der Waals surface area (Å²) in [4.78, 5) is 5.62. The second-order valence-corrected chi connectivity index (χ2v) is 6.62. The summed E-state index contributed by atoms with van der Waals surface area (Å²) in [5, 5.41) is 12.3. The van der Waals surface area contributed by atoms with Gasteiger partial charge in [0.1, 0.15) is 0 Å². The summed E-state index contributed by atoms with van der Waals surface area (Å²) in [5.74, 6) is 0.437. The molecule has 0 fully saturated rings. The Bertz CT molecular complexity index is 891. The summed E-state index contributed by atoms with van der Waals surface area (Å²) >= 11 is 0. The molecular weight excluding hydrogens is 316 g/mol. The van der Waals surface area contributed by atoms with Gasteiger partial charge in [-0.2, -0.15) is 4.80 Å². The summed E-state index contributed by atoms with van der Waals surface area (Å²) < 4.78 is 25.7. The molecule has 0 aliphatic carbocycles. The predicted molar refractivity (Wildman–Crippen MR) is 82.8 cm³/mol. The summed E-state index contributed by atoms with van der Waals surface area (Å²) in [6, 6.07) is 10.1. The van der Waals surface area contributed by atoms with Crippen molar-refractivity contribution in [1.29, 1.82) is 0 Å². The van der Waals surface area contributed by atoms with E-state index >= 15 is 0 Å². The monoisotopic (exact) mass is 330 g/mol. The van der Waals surface area contributed by atoms with Crippen LogP contribution in [0.4, 0.5) is 0 Å². The Balaban J connectivity index is 1.80. The molecule has 0 spiro atoms. The van der Waals surface area contributed by atoms with Gasteiger partial charge in [-0.3, -0.25) is 4.98 Å². The van der Waals surface area contributed by atoms with Gasteiger partial charge in [0.15, 0.2) is 0 Å². The van der Waals surface area contributed by atoms with Gasteiger partial charge in [-0.25, -0.2) is 13.1 Å². The third kappa shape index (κ3) is 3.41. The normalized spacial score (nSPS) is 11.5. The van der Waals surface area contributed by atoms with Gasteiger partial charge in [0.05, 0.1) is 11.4 Å². The van der Waals surface area contributed by atoms with Gasteiger partial charge < -0.3 is 0 Å². The molecule has 8 nitrogen and oxygen atoms in total. The van der Waals surface area contributed by atoms with Crippen LogP contribution in [0, 0.1) is 0 Å². The van der Waals surface area contributed by atoms with E-state index in [0.717, 1.165) is 5.56 Å². The molecule has 9 heteroatoms. The van der Waals surface area contributed by atoms with Crippen LogP contribution in [-0.2, 0) is 16.6 Å². The maximum absolute atomic E-state index is 11.7. The lowest BCUT2D eigenvalue weighted by atomic mass is 10.2. The van der Waals surface area contributed by atoms with Crippen molar-refractivity contribution in [2.45, 2.75) is 11.4 Å². The van der Waals surface area contributed by atoms with Crippen LogP contribution in [0.2, 0.25) is 0 Å². The van der Waals surface area contributed by atoms with E-state index in [1.165, 1.54) is 24.0 Å². The molecule has 0 atom stereocenters. The molecule has 0 radical (unpaired) electrons. The Morgan fingerprint density at radius 2 is 1.78 bits per heavy atom. The molecule has 0 amide bonds. The van der Waals surface area contributed by atoms with Crippen LogP contribution in [0.3, 0.4) is 0 Å². The number of benzene rings is 1. The van der Waals surface area contributed by atoms with Crippen molar-refractivity contribution in [2.24, 2.45) is 0 Å². The molecule has 0 bridgehead atoms. The zero-order valence-electron chi connectivity index (χ0n) is 12.3. The Labute approximate surface area is 133 Å². The molecular formula is C14H14N6O2S. The number of rotatable bonds is 5. The maximum Gasteiger partial charge on any atom is 0.240 e. The molecule has 0 saturated heterocycles. The number of aromatic nitrogens is 5. The quantitative estimate of drug-likeness (QED) is 0.738. The van der Waals surface area contributed by atoms with Crippen LogP contribution < -0.4 is 4.72 Å². The number of nitrogens with zero attached hydrogens (tertiary/aromatic N) is 5. The Kier molecular flexibility index (Phi) is 4.13. The highest BCUT2D eigenvalue weighted by atomic mass is 32.2. The first kappa shape index (κ1) is 15.3. The highest BCUT2D eigenvalue weighted by molar-refractivity contribution is 7.89. The van der Waals surface area contributed by atoms with Gasteiger partial charge in [0.2, 0.25) is 15.8 Å². The van der Waals surface area contributed by atoms with Crippen molar-refractivity contribution < 1.29 is 8.42 Å². The summed E-state index contributed by atoms with van der Waals surface area (Å²) in [7, 11) is -2.08. The molecule has 1 N–H and O–H groups in total. The number of tetrazole rings is 1. The first-order valence-corrected chi connectivity index (χ1v) is 8.27. The van der Waals surface area contributed by atoms with E-state index in [0.29, 0.717) is 17.9 Å². The molecule has 3 rings (SSSR count). The Hall–Kier alpha value is -2.65. The van der Waals surface area contributed by atoms with E-state index in [4.69, 9.17) is 0 Å². The van der Waals surface area contributed by atoms with Crippen molar-refractivity contribution in [3.8, 4) is 11.4 Å². The van der Waals surface area contributed by atoms with Crippen LogP contribution in [0.5, 0.6) is 0 Å². The molecule has 2 aromatic heterocycles. The number of hydrogen-bond donors (Lipinski definition) is 1. The van der Waals surface area contributed by atoms with Gasteiger partial charge in [-0.1, -0.05) is 0 Å². The fraction of sp³-hybridized carbons (Fsp3) is 0.143. The molecule has 118 valence electrons. The van der Waals surface area contributed by atoms with Gasteiger partial charge in [-0.15, -0.1) is 10.2 Å². The van der Waals surface area contributed by atoms with E-state index in [1.807, 2.05) is 12.1 Å². The van der Waals surface area contributed by atoms with Crippen molar-refractivity contribution >= 4 is 10.0 Å². The van der Waals surface area contributed by atoms with Crippen LogP contribution in [0.15, 0.2) is 53.7 Å². The average Bonchev–Trinajstić information content (AvgIpc) is 3.04. The van der Waals surface area contributed by atoms with Crippen LogP contribution >= 0.6 is 0 Å². The highest BCUT2D eigenvalue weighted by Crippen LogP contribution is 2.17. The lowest BCUT2D eigenvalue weighted by Gasteiger charge is -2.02. The zero-order valence-corrected chi connectivity index (χ0v) is 13.1. The first-order valence-electron chi connectivity index (χ1n) is 6.79.